The van der Waals surface area contributed by atoms with Crippen LogP contribution in [0.5, 0.6) is 0 Å². The molecule has 2 aromatic carbocycles. The van der Waals surface area contributed by atoms with Gasteiger partial charge in [-0.15, -0.1) is 0 Å². The van der Waals surface area contributed by atoms with Crippen molar-refractivity contribution in [3.05, 3.63) is 76.2 Å². The number of nitrogens with one attached hydrogen (secondary N) is 1. The lowest BCUT2D eigenvalue weighted by atomic mass is 10.1. The lowest BCUT2D eigenvalue weighted by molar-refractivity contribution is -0.140. The summed E-state index contributed by atoms with van der Waals surface area (Å²) < 4.78 is 27.0. The molecule has 130 valence electrons. The number of hydrogen-bond acceptors (Lipinski definition) is 3. The van der Waals surface area contributed by atoms with Gasteiger partial charge in [-0.3, -0.25) is 4.79 Å². The van der Waals surface area contributed by atoms with E-state index in [1.54, 1.807) is 48.5 Å². The number of carboxylic acid groups (broad SMARTS) is 1. The number of benzene rings is 2. The van der Waals surface area contributed by atoms with E-state index in [0.717, 1.165) is 11.0 Å². The molecule has 2 N–H and O–H groups in total. The molecule has 1 aliphatic carbocycles. The van der Waals surface area contributed by atoms with Crippen LogP contribution in [0.2, 0.25) is 5.02 Å². The first-order chi connectivity index (χ1) is 11.8. The van der Waals surface area contributed by atoms with E-state index in [0.29, 0.717) is 10.6 Å². The average molecular weight is 378 g/mol. The van der Waals surface area contributed by atoms with Crippen LogP contribution >= 0.6 is 11.6 Å². The van der Waals surface area contributed by atoms with Crippen LogP contribution in [0, 0.1) is 0 Å². The van der Waals surface area contributed by atoms with Crippen molar-refractivity contribution < 1.29 is 18.3 Å². The second kappa shape index (κ2) is 6.63. The van der Waals surface area contributed by atoms with Crippen LogP contribution in [-0.4, -0.2) is 25.0 Å². The van der Waals surface area contributed by atoms with Crippen molar-refractivity contribution in [2.24, 2.45) is 0 Å². The number of hydrogen-bond donors (Lipinski definition) is 2. The highest BCUT2D eigenvalue weighted by atomic mass is 35.5. The number of carboxylic acids is 1. The fraction of sp³-hybridized carbons (Fsp3) is 0.167. The summed E-state index contributed by atoms with van der Waals surface area (Å²) in [6.07, 6.45) is 1.60. The summed E-state index contributed by atoms with van der Waals surface area (Å²) in [6.45, 7) is 0. The first-order valence-corrected chi connectivity index (χ1v) is 9.51. The minimum Gasteiger partial charge on any atom is -0.480 e. The molecule has 0 saturated heterocycles. The second-order valence-electron chi connectivity index (χ2n) is 5.95. The molecule has 0 radical (unpaired) electrons. The molecule has 7 heteroatoms. The molecule has 1 fully saturated rings. The fourth-order valence-electron chi connectivity index (χ4n) is 2.81. The molecule has 0 aliphatic heterocycles. The van der Waals surface area contributed by atoms with Crippen molar-refractivity contribution in [1.29, 1.82) is 0 Å². The Kier molecular flexibility index (Phi) is 4.69. The van der Waals surface area contributed by atoms with Gasteiger partial charge in [-0.25, -0.2) is 8.42 Å². The van der Waals surface area contributed by atoms with Crippen LogP contribution in [-0.2, 0) is 14.8 Å². The van der Waals surface area contributed by atoms with E-state index in [2.05, 4.69) is 4.72 Å². The molecule has 2 unspecified atom stereocenters. The first-order valence-electron chi connectivity index (χ1n) is 7.58. The second-order valence-corrected chi connectivity index (χ2v) is 7.95. The van der Waals surface area contributed by atoms with E-state index in [-0.39, 0.29) is 12.3 Å². The van der Waals surface area contributed by atoms with Crippen molar-refractivity contribution in [1.82, 2.24) is 4.72 Å². The predicted molar refractivity (Wildman–Crippen MR) is 96.7 cm³/mol. The predicted octanol–water partition coefficient (Wildman–Crippen LogP) is 3.24. The number of rotatable bonds is 6. The smallest absolute Gasteiger partial charge is 0.325 e. The lowest BCUT2D eigenvalue weighted by Gasteiger charge is -2.13. The minimum absolute atomic E-state index is 0.219. The van der Waals surface area contributed by atoms with Crippen LogP contribution in [0.3, 0.4) is 0 Å². The van der Waals surface area contributed by atoms with Crippen LogP contribution in [0.1, 0.15) is 23.5 Å². The van der Waals surface area contributed by atoms with Crippen molar-refractivity contribution >= 4 is 33.7 Å². The number of halogens is 1. The maximum atomic E-state index is 12.3. The summed E-state index contributed by atoms with van der Waals surface area (Å²) in [5.41, 5.74) is -0.0946. The fourth-order valence-corrected chi connectivity index (χ4v) is 4.23. The minimum atomic E-state index is -3.93. The molecule has 1 aliphatic rings. The molecular formula is C18H16ClNO4S. The molecule has 2 atom stereocenters. The molecule has 25 heavy (non-hydrogen) atoms. The maximum Gasteiger partial charge on any atom is 0.325 e. The van der Waals surface area contributed by atoms with E-state index in [1.807, 2.05) is 6.07 Å². The largest absolute Gasteiger partial charge is 0.480 e. The van der Waals surface area contributed by atoms with E-state index in [1.165, 1.54) is 6.08 Å². The zero-order valence-electron chi connectivity index (χ0n) is 13.1. The summed E-state index contributed by atoms with van der Waals surface area (Å²) in [7, 11) is -3.93. The van der Waals surface area contributed by atoms with Gasteiger partial charge in [-0.05, 0) is 35.8 Å². The normalized spacial score (nSPS) is 22.8. The van der Waals surface area contributed by atoms with Gasteiger partial charge in [0.2, 0.25) is 10.0 Å². The van der Waals surface area contributed by atoms with Gasteiger partial charge in [0.15, 0.2) is 0 Å². The molecule has 2 aromatic rings. The third-order valence-corrected chi connectivity index (χ3v) is 5.54. The van der Waals surface area contributed by atoms with Crippen molar-refractivity contribution in [3.8, 4) is 0 Å². The third kappa shape index (κ3) is 3.92. The standard InChI is InChI=1S/C18H16ClNO4S/c19-15-8-4-5-13(11-15)9-10-25(23,24)20-18(17(21)22)12-16(18)14-6-2-1-3-7-14/h1-11,16,20H,12H2,(H,21,22). The summed E-state index contributed by atoms with van der Waals surface area (Å²) >= 11 is 5.86. The molecule has 0 heterocycles. The zero-order valence-corrected chi connectivity index (χ0v) is 14.7. The van der Waals surface area contributed by atoms with Gasteiger partial charge in [0, 0.05) is 16.3 Å². The van der Waals surface area contributed by atoms with E-state index in [9.17, 15) is 18.3 Å². The average Bonchev–Trinajstić information content (AvgIpc) is 3.29. The van der Waals surface area contributed by atoms with Crippen molar-refractivity contribution in [3.63, 3.8) is 0 Å². The number of sulfonamides is 1. The van der Waals surface area contributed by atoms with E-state index in [4.69, 9.17) is 11.6 Å². The topological polar surface area (TPSA) is 83.5 Å². The first kappa shape index (κ1) is 17.7. The third-order valence-electron chi connectivity index (χ3n) is 4.16. The molecule has 1 saturated carbocycles. The van der Waals surface area contributed by atoms with Gasteiger partial charge in [-0.1, -0.05) is 54.1 Å². The molecule has 0 aromatic heterocycles. The van der Waals surface area contributed by atoms with Gasteiger partial charge < -0.3 is 5.11 Å². The highest BCUT2D eigenvalue weighted by Gasteiger charge is 2.63. The lowest BCUT2D eigenvalue weighted by Crippen LogP contribution is -2.43. The van der Waals surface area contributed by atoms with Gasteiger partial charge in [0.1, 0.15) is 5.54 Å². The summed E-state index contributed by atoms with van der Waals surface area (Å²) in [5.74, 6) is -1.57. The Labute approximate surface area is 151 Å². The SMILES string of the molecule is O=C(O)C1(NS(=O)(=O)C=Cc2cccc(Cl)c2)CC1c1ccccc1. The maximum absolute atomic E-state index is 12.3. The Morgan fingerprint density at radius 2 is 1.92 bits per heavy atom. The Morgan fingerprint density at radius 3 is 2.56 bits per heavy atom. The van der Waals surface area contributed by atoms with Crippen LogP contribution in [0.4, 0.5) is 0 Å². The Bertz CT molecular complexity index is 927. The molecule has 3 rings (SSSR count). The summed E-state index contributed by atoms with van der Waals surface area (Å²) in [4.78, 5) is 11.7. The Hall–Kier alpha value is -2.15. The van der Waals surface area contributed by atoms with Crippen molar-refractivity contribution in [2.75, 3.05) is 0 Å². The molecule has 5 nitrogen and oxygen atoms in total. The van der Waals surface area contributed by atoms with Crippen LogP contribution < -0.4 is 4.72 Å². The monoisotopic (exact) mass is 377 g/mol. The Morgan fingerprint density at radius 1 is 1.20 bits per heavy atom. The van der Waals surface area contributed by atoms with Gasteiger partial charge in [0.25, 0.3) is 0 Å². The van der Waals surface area contributed by atoms with Crippen LogP contribution in [0.15, 0.2) is 60.0 Å². The summed E-state index contributed by atoms with van der Waals surface area (Å²) in [6, 6.07) is 15.7. The highest BCUT2D eigenvalue weighted by Crippen LogP contribution is 2.52. The molecule has 0 spiro atoms. The van der Waals surface area contributed by atoms with Gasteiger partial charge >= 0.3 is 5.97 Å². The molecule has 0 bridgehead atoms. The number of aliphatic carboxylic acids is 1. The highest BCUT2D eigenvalue weighted by molar-refractivity contribution is 7.92. The van der Waals surface area contributed by atoms with E-state index >= 15 is 0 Å². The number of carbonyl (C=O) groups is 1. The molecule has 0 amide bonds. The van der Waals surface area contributed by atoms with E-state index < -0.39 is 21.5 Å². The van der Waals surface area contributed by atoms with Gasteiger partial charge in [0.05, 0.1) is 0 Å². The zero-order chi connectivity index (χ0) is 18.1. The quantitative estimate of drug-likeness (QED) is 0.809. The Balaban J connectivity index is 1.80. The van der Waals surface area contributed by atoms with Gasteiger partial charge in [-0.2, -0.15) is 4.72 Å². The molecular weight excluding hydrogens is 362 g/mol. The van der Waals surface area contributed by atoms with Crippen LogP contribution in [0.25, 0.3) is 6.08 Å². The van der Waals surface area contributed by atoms with Crippen molar-refractivity contribution in [2.45, 2.75) is 17.9 Å². The summed E-state index contributed by atoms with van der Waals surface area (Å²) in [5, 5.41) is 11.0.